The zero-order chi connectivity index (χ0) is 11.1. The molecule has 15 heavy (non-hydrogen) atoms. The van der Waals surface area contributed by atoms with Crippen molar-refractivity contribution < 1.29 is 19.3 Å². The SMILES string of the molecule is COOCC1C2CC1C(N)(C(=O)OC)C2. The second-order valence-electron chi connectivity index (χ2n) is 4.45. The lowest BCUT2D eigenvalue weighted by Gasteiger charge is -2.37. The van der Waals surface area contributed by atoms with Crippen LogP contribution < -0.4 is 5.73 Å². The molecule has 0 radical (unpaired) electrons. The molecule has 0 saturated heterocycles. The number of methoxy groups -OCH3 is 1. The fraction of sp³-hybridized carbons (Fsp3) is 0.900. The van der Waals surface area contributed by atoms with Gasteiger partial charge in [0.2, 0.25) is 0 Å². The zero-order valence-corrected chi connectivity index (χ0v) is 9.06. The third-order valence-electron chi connectivity index (χ3n) is 3.88. The van der Waals surface area contributed by atoms with Crippen molar-refractivity contribution in [1.82, 2.24) is 0 Å². The zero-order valence-electron chi connectivity index (χ0n) is 9.06. The van der Waals surface area contributed by atoms with Gasteiger partial charge in [0.15, 0.2) is 0 Å². The molecule has 0 spiro atoms. The van der Waals surface area contributed by atoms with Gasteiger partial charge in [-0.15, -0.1) is 0 Å². The highest BCUT2D eigenvalue weighted by Crippen LogP contribution is 2.58. The Morgan fingerprint density at radius 2 is 2.27 bits per heavy atom. The first-order valence-electron chi connectivity index (χ1n) is 5.16. The van der Waals surface area contributed by atoms with Crippen LogP contribution in [0, 0.1) is 17.8 Å². The first-order chi connectivity index (χ1) is 7.13. The first-order valence-corrected chi connectivity index (χ1v) is 5.16. The van der Waals surface area contributed by atoms with E-state index in [1.165, 1.54) is 14.2 Å². The Morgan fingerprint density at radius 3 is 2.87 bits per heavy atom. The van der Waals surface area contributed by atoms with Crippen LogP contribution in [0.3, 0.4) is 0 Å². The van der Waals surface area contributed by atoms with Gasteiger partial charge in [0, 0.05) is 0 Å². The maximum Gasteiger partial charge on any atom is 0.326 e. The van der Waals surface area contributed by atoms with Crippen LogP contribution in [-0.4, -0.2) is 32.3 Å². The Labute approximate surface area is 88.8 Å². The van der Waals surface area contributed by atoms with E-state index in [9.17, 15) is 4.79 Å². The van der Waals surface area contributed by atoms with Crippen molar-refractivity contribution >= 4 is 5.97 Å². The van der Waals surface area contributed by atoms with Crippen LogP contribution in [0.1, 0.15) is 12.8 Å². The van der Waals surface area contributed by atoms with E-state index in [1.807, 2.05) is 0 Å². The highest BCUT2D eigenvalue weighted by molar-refractivity contribution is 5.82. The van der Waals surface area contributed by atoms with Crippen LogP contribution >= 0.6 is 0 Å². The molecule has 5 heteroatoms. The molecule has 4 atom stereocenters. The molecule has 3 fully saturated rings. The van der Waals surface area contributed by atoms with Crippen molar-refractivity contribution in [1.29, 1.82) is 0 Å². The smallest absolute Gasteiger partial charge is 0.326 e. The van der Waals surface area contributed by atoms with Crippen LogP contribution in [0.5, 0.6) is 0 Å². The Hall–Kier alpha value is -0.650. The van der Waals surface area contributed by atoms with Gasteiger partial charge in [-0.25, -0.2) is 9.78 Å². The van der Waals surface area contributed by atoms with E-state index in [0.29, 0.717) is 24.9 Å². The van der Waals surface area contributed by atoms with E-state index in [-0.39, 0.29) is 11.9 Å². The number of ether oxygens (including phenoxy) is 1. The molecule has 2 N–H and O–H groups in total. The molecule has 0 aromatic heterocycles. The van der Waals surface area contributed by atoms with Gasteiger partial charge in [0.05, 0.1) is 20.8 Å². The van der Waals surface area contributed by atoms with Gasteiger partial charge in [-0.1, -0.05) is 0 Å². The monoisotopic (exact) mass is 215 g/mol. The number of nitrogens with two attached hydrogens (primary N) is 1. The molecule has 0 aliphatic heterocycles. The van der Waals surface area contributed by atoms with E-state index in [2.05, 4.69) is 4.89 Å². The van der Waals surface area contributed by atoms with Crippen molar-refractivity contribution in [3.63, 3.8) is 0 Å². The molecule has 0 aromatic rings. The van der Waals surface area contributed by atoms with Crippen LogP contribution in [0.15, 0.2) is 0 Å². The molecule has 0 amide bonds. The van der Waals surface area contributed by atoms with Gasteiger partial charge in [0.1, 0.15) is 5.54 Å². The predicted octanol–water partition coefficient (Wildman–Crippen LogP) is 0.0909. The highest BCUT2D eigenvalue weighted by Gasteiger charge is 2.63. The largest absolute Gasteiger partial charge is 0.468 e. The lowest BCUT2D eigenvalue weighted by molar-refractivity contribution is -0.288. The van der Waals surface area contributed by atoms with E-state index in [1.54, 1.807) is 0 Å². The minimum atomic E-state index is -0.790. The molecule has 0 heterocycles. The van der Waals surface area contributed by atoms with Gasteiger partial charge in [-0.05, 0) is 30.6 Å². The van der Waals surface area contributed by atoms with Gasteiger partial charge < -0.3 is 10.5 Å². The normalized spacial score (nSPS) is 42.5. The number of hydrogen-bond donors (Lipinski definition) is 1. The summed E-state index contributed by atoms with van der Waals surface area (Å²) >= 11 is 0. The molecule has 5 nitrogen and oxygen atoms in total. The van der Waals surface area contributed by atoms with Crippen LogP contribution in [0.4, 0.5) is 0 Å². The standard InChI is InChI=1S/C10H17NO4/c1-13-9(12)10(11)4-6-3-8(10)7(6)5-15-14-2/h6-8H,3-5,11H2,1-2H3. The Morgan fingerprint density at radius 1 is 1.53 bits per heavy atom. The van der Waals surface area contributed by atoms with E-state index < -0.39 is 5.54 Å². The predicted molar refractivity (Wildman–Crippen MR) is 51.6 cm³/mol. The summed E-state index contributed by atoms with van der Waals surface area (Å²) in [6.07, 6.45) is 1.71. The van der Waals surface area contributed by atoms with Crippen LogP contribution in [-0.2, 0) is 19.3 Å². The summed E-state index contributed by atoms with van der Waals surface area (Å²) in [4.78, 5) is 21.1. The maximum absolute atomic E-state index is 11.6. The van der Waals surface area contributed by atoms with Crippen molar-refractivity contribution in [2.75, 3.05) is 20.8 Å². The lowest BCUT2D eigenvalue weighted by atomic mass is 9.70. The summed E-state index contributed by atoms with van der Waals surface area (Å²) in [5.74, 6) is 0.711. The lowest BCUT2D eigenvalue weighted by Crippen LogP contribution is -2.53. The minimum absolute atomic E-state index is 0.185. The molecule has 3 aliphatic rings. The minimum Gasteiger partial charge on any atom is -0.468 e. The average Bonchev–Trinajstić information content (AvgIpc) is 2.69. The number of fused-ring (bicyclic) bond motifs is 1. The highest BCUT2D eigenvalue weighted by atomic mass is 17.2. The first kappa shape index (κ1) is 10.9. The van der Waals surface area contributed by atoms with Gasteiger partial charge in [-0.2, -0.15) is 0 Å². The number of esters is 1. The summed E-state index contributed by atoms with van der Waals surface area (Å²) in [6.45, 7) is 0.516. The van der Waals surface area contributed by atoms with Crippen molar-refractivity contribution in [3.8, 4) is 0 Å². The van der Waals surface area contributed by atoms with Crippen LogP contribution in [0.2, 0.25) is 0 Å². The third kappa shape index (κ3) is 1.46. The van der Waals surface area contributed by atoms with Crippen molar-refractivity contribution in [3.05, 3.63) is 0 Å². The quantitative estimate of drug-likeness (QED) is 0.409. The summed E-state index contributed by atoms with van der Waals surface area (Å²) in [6, 6.07) is 0. The number of rotatable bonds is 4. The number of carbonyl (C=O) groups is 1. The molecule has 0 aromatic carbocycles. The molecule has 86 valence electrons. The molecule has 3 saturated carbocycles. The number of hydrogen-bond acceptors (Lipinski definition) is 5. The van der Waals surface area contributed by atoms with Gasteiger partial charge in [0.25, 0.3) is 0 Å². The third-order valence-corrected chi connectivity index (χ3v) is 3.88. The molecule has 3 aliphatic carbocycles. The summed E-state index contributed by atoms with van der Waals surface area (Å²) in [7, 11) is 2.86. The summed E-state index contributed by atoms with van der Waals surface area (Å²) in [5.41, 5.74) is 5.30. The van der Waals surface area contributed by atoms with E-state index >= 15 is 0 Å². The van der Waals surface area contributed by atoms with Gasteiger partial charge >= 0.3 is 5.97 Å². The fourth-order valence-corrected chi connectivity index (χ4v) is 3.04. The van der Waals surface area contributed by atoms with E-state index in [4.69, 9.17) is 15.4 Å². The number of carbonyl (C=O) groups excluding carboxylic acids is 1. The second kappa shape index (κ2) is 3.73. The summed E-state index contributed by atoms with van der Waals surface area (Å²) < 4.78 is 4.75. The van der Waals surface area contributed by atoms with E-state index in [0.717, 1.165) is 6.42 Å². The summed E-state index contributed by atoms with van der Waals surface area (Å²) in [5, 5.41) is 0. The molecule has 2 bridgehead atoms. The average molecular weight is 215 g/mol. The van der Waals surface area contributed by atoms with Gasteiger partial charge in [-0.3, -0.25) is 4.79 Å². The molecule has 4 unspecified atom stereocenters. The second-order valence-corrected chi connectivity index (χ2v) is 4.45. The van der Waals surface area contributed by atoms with Crippen LogP contribution in [0.25, 0.3) is 0 Å². The molecular formula is C10H17NO4. The Kier molecular flexibility index (Phi) is 2.70. The Balaban J connectivity index is 2.00. The molecular weight excluding hydrogens is 198 g/mol. The maximum atomic E-state index is 11.6. The van der Waals surface area contributed by atoms with Crippen molar-refractivity contribution in [2.24, 2.45) is 23.5 Å². The Bertz CT molecular complexity index is 270. The fourth-order valence-electron chi connectivity index (χ4n) is 3.04. The van der Waals surface area contributed by atoms with Crippen molar-refractivity contribution in [2.45, 2.75) is 18.4 Å². The molecule has 3 rings (SSSR count). The topological polar surface area (TPSA) is 70.8 Å².